The number of imidazole rings is 1. The molecule has 9 nitrogen and oxygen atoms in total. The van der Waals surface area contributed by atoms with Gasteiger partial charge in [-0.3, -0.25) is 23.7 Å². The monoisotopic (exact) mass is 533 g/mol. The standard InChI is InChI=1S/C24H20F5N7O2/c25-13-5-15(26)21-31-9-18(35(21)10-13)20-14-8-30-16(6-17(14)36(33-20)12-24(27,28)29)22(38)34-3-1-23(2-4-34)7-19(37)32-11-23/h5-6,8-10H,1-4,7,11-12H2,(H,32,37). The van der Waals surface area contributed by atoms with Crippen molar-refractivity contribution in [2.24, 2.45) is 5.41 Å². The second-order valence-electron chi connectivity index (χ2n) is 9.80. The number of hydrogen-bond acceptors (Lipinski definition) is 5. The molecular formula is C24H20F5N7O2. The molecule has 0 radical (unpaired) electrons. The number of rotatable bonds is 3. The second kappa shape index (κ2) is 8.46. The summed E-state index contributed by atoms with van der Waals surface area (Å²) in [5.41, 5.74) is -0.432. The predicted molar refractivity (Wildman–Crippen MR) is 123 cm³/mol. The number of likely N-dealkylation sites (tertiary alicyclic amines) is 1. The summed E-state index contributed by atoms with van der Waals surface area (Å²) in [4.78, 5) is 34.6. The summed E-state index contributed by atoms with van der Waals surface area (Å²) in [5.74, 6) is -2.30. The van der Waals surface area contributed by atoms with E-state index in [1.54, 1.807) is 4.90 Å². The van der Waals surface area contributed by atoms with E-state index in [4.69, 9.17) is 0 Å². The molecule has 0 aliphatic carbocycles. The van der Waals surface area contributed by atoms with Gasteiger partial charge in [-0.15, -0.1) is 0 Å². The molecule has 0 unspecified atom stereocenters. The normalized spacial score (nSPS) is 17.6. The number of amides is 2. The van der Waals surface area contributed by atoms with Crippen LogP contribution in [0.15, 0.2) is 30.7 Å². The van der Waals surface area contributed by atoms with E-state index in [1.165, 1.54) is 18.5 Å². The number of alkyl halides is 3. The summed E-state index contributed by atoms with van der Waals surface area (Å²) in [7, 11) is 0. The number of nitrogens with zero attached hydrogens (tertiary/aromatic N) is 6. The number of carbonyl (C=O) groups is 2. The van der Waals surface area contributed by atoms with Crippen LogP contribution in [0.4, 0.5) is 22.0 Å². The van der Waals surface area contributed by atoms with Gasteiger partial charge in [-0.25, -0.2) is 13.8 Å². The third-order valence-corrected chi connectivity index (χ3v) is 7.26. The van der Waals surface area contributed by atoms with Crippen molar-refractivity contribution in [3.05, 3.63) is 48.1 Å². The van der Waals surface area contributed by atoms with E-state index in [9.17, 15) is 31.5 Å². The topological polar surface area (TPSA) is 97.4 Å². The first-order valence-electron chi connectivity index (χ1n) is 11.8. The Labute approximate surface area is 211 Å². The molecule has 38 heavy (non-hydrogen) atoms. The quantitative estimate of drug-likeness (QED) is 0.408. The van der Waals surface area contributed by atoms with Crippen LogP contribution in [-0.4, -0.2) is 66.7 Å². The maximum atomic E-state index is 14.2. The summed E-state index contributed by atoms with van der Waals surface area (Å²) in [6.45, 7) is -0.110. The fourth-order valence-electron chi connectivity index (χ4n) is 5.31. The lowest BCUT2D eigenvalue weighted by atomic mass is 9.77. The van der Waals surface area contributed by atoms with Crippen LogP contribution < -0.4 is 5.32 Å². The van der Waals surface area contributed by atoms with Gasteiger partial charge in [0.25, 0.3) is 5.91 Å². The van der Waals surface area contributed by atoms with Crippen molar-refractivity contribution >= 4 is 28.4 Å². The third-order valence-electron chi connectivity index (χ3n) is 7.26. The summed E-state index contributed by atoms with van der Waals surface area (Å²) in [6, 6.07) is 1.89. The molecule has 2 aliphatic heterocycles. The minimum Gasteiger partial charge on any atom is -0.356 e. The molecule has 4 aromatic rings. The molecule has 0 aromatic carbocycles. The number of halogens is 5. The van der Waals surface area contributed by atoms with E-state index < -0.39 is 30.3 Å². The van der Waals surface area contributed by atoms with Gasteiger partial charge in [0, 0.05) is 49.9 Å². The molecule has 0 atom stereocenters. The highest BCUT2D eigenvalue weighted by Crippen LogP contribution is 2.38. The Kier molecular flexibility index (Phi) is 5.40. The molecule has 2 saturated heterocycles. The van der Waals surface area contributed by atoms with Crippen molar-refractivity contribution in [3.63, 3.8) is 0 Å². The highest BCUT2D eigenvalue weighted by Gasteiger charge is 2.42. The van der Waals surface area contributed by atoms with Gasteiger partial charge in [0.15, 0.2) is 11.5 Å². The molecule has 0 bridgehead atoms. The molecule has 6 heterocycles. The number of aromatic nitrogens is 5. The molecule has 2 fully saturated rings. The lowest BCUT2D eigenvalue weighted by Gasteiger charge is -2.38. The first-order valence-corrected chi connectivity index (χ1v) is 11.8. The van der Waals surface area contributed by atoms with Crippen LogP contribution in [0.3, 0.4) is 0 Å². The number of hydrogen-bond donors (Lipinski definition) is 1. The molecular weight excluding hydrogens is 513 g/mol. The maximum Gasteiger partial charge on any atom is 0.408 e. The van der Waals surface area contributed by atoms with Gasteiger partial charge in [0.05, 0.1) is 17.4 Å². The summed E-state index contributed by atoms with van der Waals surface area (Å²) in [5, 5.41) is 7.07. The molecule has 198 valence electrons. The number of piperidine rings is 1. The molecule has 6 rings (SSSR count). The first-order chi connectivity index (χ1) is 18.0. The van der Waals surface area contributed by atoms with Crippen molar-refractivity contribution in [1.82, 2.24) is 34.4 Å². The van der Waals surface area contributed by atoms with Crippen molar-refractivity contribution in [2.75, 3.05) is 19.6 Å². The van der Waals surface area contributed by atoms with E-state index in [0.29, 0.717) is 49.6 Å². The Morgan fingerprint density at radius 1 is 1.11 bits per heavy atom. The van der Waals surface area contributed by atoms with E-state index >= 15 is 0 Å². The summed E-state index contributed by atoms with van der Waals surface area (Å²) < 4.78 is 70.1. The van der Waals surface area contributed by atoms with Crippen molar-refractivity contribution < 1.29 is 31.5 Å². The van der Waals surface area contributed by atoms with Crippen molar-refractivity contribution in [3.8, 4) is 11.4 Å². The molecule has 2 aliphatic rings. The first kappa shape index (κ1) is 24.2. The lowest BCUT2D eigenvalue weighted by Crippen LogP contribution is -2.44. The summed E-state index contributed by atoms with van der Waals surface area (Å²) >= 11 is 0. The van der Waals surface area contributed by atoms with Gasteiger partial charge in [-0.2, -0.15) is 18.3 Å². The Morgan fingerprint density at radius 3 is 2.55 bits per heavy atom. The van der Waals surface area contributed by atoms with Crippen LogP contribution in [0.25, 0.3) is 27.9 Å². The van der Waals surface area contributed by atoms with E-state index in [0.717, 1.165) is 10.6 Å². The van der Waals surface area contributed by atoms with Crippen LogP contribution in [0, 0.1) is 17.0 Å². The molecule has 4 aromatic heterocycles. The van der Waals surface area contributed by atoms with Crippen LogP contribution in [0.5, 0.6) is 0 Å². The minimum absolute atomic E-state index is 0.0120. The number of fused-ring (bicyclic) bond motifs is 2. The smallest absolute Gasteiger partial charge is 0.356 e. The molecule has 14 heteroatoms. The Morgan fingerprint density at radius 2 is 1.87 bits per heavy atom. The number of nitrogens with one attached hydrogen (secondary N) is 1. The highest BCUT2D eigenvalue weighted by molar-refractivity contribution is 5.99. The Balaban J connectivity index is 1.38. The van der Waals surface area contributed by atoms with Gasteiger partial charge in [-0.1, -0.05) is 0 Å². The third kappa shape index (κ3) is 4.13. The predicted octanol–water partition coefficient (Wildman–Crippen LogP) is 3.33. The van der Waals surface area contributed by atoms with Crippen LogP contribution in [0.2, 0.25) is 0 Å². The lowest BCUT2D eigenvalue weighted by molar-refractivity contribution is -0.141. The second-order valence-corrected chi connectivity index (χ2v) is 9.80. The van der Waals surface area contributed by atoms with Gasteiger partial charge >= 0.3 is 6.18 Å². The SMILES string of the molecule is O=C1CC2(CCN(C(=O)c3cc4c(cn3)c(-c3cnc5c(F)cc(F)cn35)nn4CC(F)(F)F)CC2)CN1. The van der Waals surface area contributed by atoms with Gasteiger partial charge in [0.2, 0.25) is 5.91 Å². The largest absolute Gasteiger partial charge is 0.408 e. The minimum atomic E-state index is -4.63. The van der Waals surface area contributed by atoms with Crippen LogP contribution >= 0.6 is 0 Å². The molecule has 1 N–H and O–H groups in total. The van der Waals surface area contributed by atoms with Crippen LogP contribution in [-0.2, 0) is 11.3 Å². The fourth-order valence-corrected chi connectivity index (χ4v) is 5.31. The van der Waals surface area contributed by atoms with E-state index in [-0.39, 0.29) is 45.0 Å². The zero-order valence-corrected chi connectivity index (χ0v) is 19.7. The summed E-state index contributed by atoms with van der Waals surface area (Å²) in [6.07, 6.45) is 0.400. The Hall–Kier alpha value is -4.10. The molecule has 2 amide bonds. The van der Waals surface area contributed by atoms with Crippen molar-refractivity contribution in [1.29, 1.82) is 0 Å². The van der Waals surface area contributed by atoms with Gasteiger partial charge < -0.3 is 10.2 Å². The van der Waals surface area contributed by atoms with E-state index in [2.05, 4.69) is 20.4 Å². The number of carbonyl (C=O) groups excluding carboxylic acids is 2. The zero-order valence-electron chi connectivity index (χ0n) is 19.7. The Bertz CT molecular complexity index is 1600. The highest BCUT2D eigenvalue weighted by atomic mass is 19.4. The van der Waals surface area contributed by atoms with Crippen molar-refractivity contribution in [2.45, 2.75) is 32.0 Å². The fraction of sp³-hybridized carbons (Fsp3) is 0.375. The average molecular weight is 533 g/mol. The van der Waals surface area contributed by atoms with Crippen LogP contribution in [0.1, 0.15) is 29.8 Å². The average Bonchev–Trinajstić information content (AvgIpc) is 3.53. The molecule has 1 spiro atoms. The zero-order chi connectivity index (χ0) is 26.8. The molecule has 0 saturated carbocycles. The number of pyridine rings is 2. The van der Waals surface area contributed by atoms with E-state index in [1.807, 2.05) is 0 Å². The maximum absolute atomic E-state index is 14.2. The van der Waals surface area contributed by atoms with Gasteiger partial charge in [-0.05, 0) is 24.3 Å². The van der Waals surface area contributed by atoms with Gasteiger partial charge in [0.1, 0.15) is 23.7 Å².